The Morgan fingerprint density at radius 3 is 2.90 bits per heavy atom. The van der Waals surface area contributed by atoms with E-state index in [-0.39, 0.29) is 11.7 Å². The molecule has 118 valence electrons. The quantitative estimate of drug-likeness (QED) is 0.837. The molecule has 1 saturated carbocycles. The molecule has 1 aliphatic carbocycles. The molecule has 0 aliphatic heterocycles. The first kappa shape index (κ1) is 16.6. The average molecular weight is 329 g/mol. The van der Waals surface area contributed by atoms with E-state index in [2.05, 4.69) is 10.3 Å². The first-order chi connectivity index (χ1) is 10.2. The molecule has 0 radical (unpaired) electrons. The second-order valence-corrected chi connectivity index (χ2v) is 7.94. The van der Waals surface area contributed by atoms with Gasteiger partial charge in [-0.05, 0) is 19.3 Å². The van der Waals surface area contributed by atoms with Crippen molar-refractivity contribution in [3.8, 4) is 0 Å². The summed E-state index contributed by atoms with van der Waals surface area (Å²) < 4.78 is 12.0. The molecule has 1 fully saturated rings. The van der Waals surface area contributed by atoms with Gasteiger partial charge in [0, 0.05) is 28.6 Å². The number of aromatic nitrogens is 1. The van der Waals surface area contributed by atoms with Gasteiger partial charge in [-0.25, -0.2) is 4.98 Å². The number of nitrogens with one attached hydrogen (secondary N) is 1. The van der Waals surface area contributed by atoms with Gasteiger partial charge in [-0.1, -0.05) is 26.2 Å². The predicted molar refractivity (Wildman–Crippen MR) is 88.0 cm³/mol. The third-order valence-electron chi connectivity index (χ3n) is 3.70. The Kier molecular flexibility index (Phi) is 6.83. The van der Waals surface area contributed by atoms with E-state index in [1.165, 1.54) is 37.1 Å². The highest BCUT2D eigenvalue weighted by Crippen LogP contribution is 2.34. The first-order valence-corrected chi connectivity index (χ1v) is 10.1. The lowest BCUT2D eigenvalue weighted by Crippen LogP contribution is -2.29. The fourth-order valence-electron chi connectivity index (χ4n) is 2.60. The summed E-state index contributed by atoms with van der Waals surface area (Å²) in [6.45, 7) is 2.65. The van der Waals surface area contributed by atoms with Gasteiger partial charge in [-0.2, -0.15) is 0 Å². The third kappa shape index (κ3) is 5.51. The van der Waals surface area contributed by atoms with E-state index in [4.69, 9.17) is 0 Å². The molecule has 0 unspecified atom stereocenters. The van der Waals surface area contributed by atoms with Crippen molar-refractivity contribution in [3.63, 3.8) is 0 Å². The van der Waals surface area contributed by atoms with E-state index in [0.717, 1.165) is 12.1 Å². The molecule has 0 aromatic carbocycles. The molecule has 1 aromatic rings. The van der Waals surface area contributed by atoms with Gasteiger partial charge in [0.2, 0.25) is 5.91 Å². The van der Waals surface area contributed by atoms with Crippen LogP contribution >= 0.6 is 11.3 Å². The van der Waals surface area contributed by atoms with Crippen LogP contribution in [0, 0.1) is 0 Å². The van der Waals surface area contributed by atoms with Crippen LogP contribution in [-0.2, 0) is 21.3 Å². The van der Waals surface area contributed by atoms with Crippen molar-refractivity contribution in [2.45, 2.75) is 57.1 Å². The Hall–Kier alpha value is -0.750. The number of carbonyl (C=O) groups is 1. The summed E-state index contributed by atoms with van der Waals surface area (Å²) in [5.41, 5.74) is 0.877. The number of rotatable bonds is 7. The second kappa shape index (κ2) is 8.63. The summed E-state index contributed by atoms with van der Waals surface area (Å²) >= 11 is 1.68. The maximum Gasteiger partial charge on any atom is 0.232 e. The van der Waals surface area contributed by atoms with Gasteiger partial charge in [-0.15, -0.1) is 11.3 Å². The molecule has 1 atom stereocenters. The van der Waals surface area contributed by atoms with Crippen LogP contribution in [-0.4, -0.2) is 27.4 Å². The van der Waals surface area contributed by atoms with E-state index in [0.29, 0.717) is 18.2 Å². The molecule has 0 bridgehead atoms. The van der Waals surface area contributed by atoms with E-state index in [1.54, 1.807) is 11.3 Å². The number of nitrogens with zero attached hydrogens (tertiary/aromatic N) is 1. The minimum absolute atomic E-state index is 0.0797. The molecule has 1 amide bonds. The van der Waals surface area contributed by atoms with Crippen LogP contribution in [0.4, 0.5) is 0 Å². The fourth-order valence-corrected chi connectivity index (χ4v) is 4.67. The van der Waals surface area contributed by atoms with Gasteiger partial charge in [0.1, 0.15) is 5.75 Å². The fraction of sp³-hybridized carbons (Fsp3) is 0.733. The van der Waals surface area contributed by atoms with Crippen LogP contribution in [0.5, 0.6) is 0 Å². The van der Waals surface area contributed by atoms with Crippen molar-refractivity contribution in [3.05, 3.63) is 16.1 Å². The monoisotopic (exact) mass is 328 g/mol. The maximum atomic E-state index is 12.0. The molecule has 0 spiro atoms. The molecule has 4 nitrogen and oxygen atoms in total. The van der Waals surface area contributed by atoms with E-state index in [1.807, 2.05) is 12.3 Å². The molecule has 2 rings (SSSR count). The summed E-state index contributed by atoms with van der Waals surface area (Å²) in [4.78, 5) is 16.2. The summed E-state index contributed by atoms with van der Waals surface area (Å²) in [7, 11) is -1.16. The lowest BCUT2D eigenvalue weighted by atomic mass is 9.90. The number of thiazole rings is 1. The predicted octanol–water partition coefficient (Wildman–Crippen LogP) is 2.97. The second-order valence-electron chi connectivity index (χ2n) is 5.59. The average Bonchev–Trinajstić information content (AvgIpc) is 2.94. The topological polar surface area (TPSA) is 59.1 Å². The van der Waals surface area contributed by atoms with Gasteiger partial charge < -0.3 is 5.32 Å². The lowest BCUT2D eigenvalue weighted by Gasteiger charge is -2.18. The summed E-state index contributed by atoms with van der Waals surface area (Å²) in [5.74, 6) is 0.940. The van der Waals surface area contributed by atoms with Crippen molar-refractivity contribution >= 4 is 28.0 Å². The summed E-state index contributed by atoms with van der Waals surface area (Å²) in [5, 5.41) is 5.95. The number of hydrogen-bond acceptors (Lipinski definition) is 4. The van der Waals surface area contributed by atoms with Gasteiger partial charge in [0.25, 0.3) is 0 Å². The summed E-state index contributed by atoms with van der Waals surface area (Å²) in [6.07, 6.45) is 7.29. The largest absolute Gasteiger partial charge is 0.355 e. The molecule has 21 heavy (non-hydrogen) atoms. The number of hydrogen-bond donors (Lipinski definition) is 1. The maximum absolute atomic E-state index is 12.0. The Bertz CT molecular complexity index is 482. The third-order valence-corrected chi connectivity index (χ3v) is 5.95. The summed E-state index contributed by atoms with van der Waals surface area (Å²) in [6, 6.07) is 0. The van der Waals surface area contributed by atoms with Gasteiger partial charge in [-0.3, -0.25) is 9.00 Å². The lowest BCUT2D eigenvalue weighted by molar-refractivity contribution is -0.118. The minimum atomic E-state index is -1.16. The van der Waals surface area contributed by atoms with Crippen LogP contribution in [0.15, 0.2) is 5.38 Å². The zero-order valence-electron chi connectivity index (χ0n) is 12.6. The Morgan fingerprint density at radius 2 is 2.19 bits per heavy atom. The molecular weight excluding hydrogens is 304 g/mol. The van der Waals surface area contributed by atoms with Crippen molar-refractivity contribution in [2.24, 2.45) is 0 Å². The van der Waals surface area contributed by atoms with E-state index >= 15 is 0 Å². The van der Waals surface area contributed by atoms with Crippen molar-refractivity contribution < 1.29 is 9.00 Å². The highest BCUT2D eigenvalue weighted by Gasteiger charge is 2.19. The number of carbonyl (C=O) groups excluding carboxylic acids is 1. The number of amides is 1. The Balaban J connectivity index is 1.81. The van der Waals surface area contributed by atoms with Crippen LogP contribution in [0.3, 0.4) is 0 Å². The van der Waals surface area contributed by atoms with Crippen LogP contribution in [0.25, 0.3) is 0 Å². The molecule has 6 heteroatoms. The first-order valence-electron chi connectivity index (χ1n) is 7.75. The van der Waals surface area contributed by atoms with Gasteiger partial charge >= 0.3 is 0 Å². The SMILES string of the molecule is CCCNC(=O)C[S@@](=O)Cc1csc(C2CCCCC2)n1. The molecule has 1 aliphatic rings. The Labute approximate surface area is 133 Å². The van der Waals surface area contributed by atoms with Gasteiger partial charge in [0.15, 0.2) is 0 Å². The van der Waals surface area contributed by atoms with Crippen molar-refractivity contribution in [1.82, 2.24) is 10.3 Å². The van der Waals surface area contributed by atoms with Crippen LogP contribution in [0.1, 0.15) is 62.1 Å². The zero-order chi connectivity index (χ0) is 15.1. The molecule has 1 heterocycles. The van der Waals surface area contributed by atoms with Gasteiger partial charge in [0.05, 0.1) is 16.5 Å². The minimum Gasteiger partial charge on any atom is -0.355 e. The van der Waals surface area contributed by atoms with Crippen molar-refractivity contribution in [1.29, 1.82) is 0 Å². The van der Waals surface area contributed by atoms with Crippen molar-refractivity contribution in [2.75, 3.05) is 12.3 Å². The molecule has 1 N–H and O–H groups in total. The normalized spacial score (nSPS) is 17.6. The van der Waals surface area contributed by atoms with Crippen LogP contribution in [0.2, 0.25) is 0 Å². The van der Waals surface area contributed by atoms with E-state index < -0.39 is 10.8 Å². The van der Waals surface area contributed by atoms with E-state index in [9.17, 15) is 9.00 Å². The molecule has 1 aromatic heterocycles. The highest BCUT2D eigenvalue weighted by molar-refractivity contribution is 7.84. The Morgan fingerprint density at radius 1 is 1.43 bits per heavy atom. The molecule has 0 saturated heterocycles. The highest BCUT2D eigenvalue weighted by atomic mass is 32.2. The smallest absolute Gasteiger partial charge is 0.232 e. The standard InChI is InChI=1S/C15H24N2O2S2/c1-2-8-16-14(18)11-21(19)10-13-9-20-15(17-13)12-6-4-3-5-7-12/h9,12H,2-8,10-11H2,1H3,(H,16,18)/t21-/m0/s1. The van der Waals surface area contributed by atoms with Crippen LogP contribution < -0.4 is 5.32 Å². The molecular formula is C15H24N2O2S2. The zero-order valence-corrected chi connectivity index (χ0v) is 14.2.